The van der Waals surface area contributed by atoms with Crippen molar-refractivity contribution < 1.29 is 13.6 Å². The normalized spacial score (nSPS) is 12.3. The van der Waals surface area contributed by atoms with Gasteiger partial charge in [0.25, 0.3) is 5.91 Å². The van der Waals surface area contributed by atoms with Crippen molar-refractivity contribution >= 4 is 33.4 Å². The summed E-state index contributed by atoms with van der Waals surface area (Å²) in [6, 6.07) is 1.47. The zero-order valence-electron chi connectivity index (χ0n) is 9.07. The molecule has 0 saturated heterocycles. The summed E-state index contributed by atoms with van der Waals surface area (Å²) in [5, 5.41) is 2.79. The van der Waals surface area contributed by atoms with Crippen molar-refractivity contribution in [2.24, 2.45) is 0 Å². The van der Waals surface area contributed by atoms with Gasteiger partial charge in [0.1, 0.15) is 11.6 Å². The van der Waals surface area contributed by atoms with Crippen molar-refractivity contribution in [2.45, 2.75) is 19.4 Å². The lowest BCUT2D eigenvalue weighted by Crippen LogP contribution is -2.36. The molecule has 1 amide bonds. The van der Waals surface area contributed by atoms with Gasteiger partial charge in [0.15, 0.2) is 0 Å². The molecule has 0 fully saturated rings. The Labute approximate surface area is 111 Å². The lowest BCUT2D eigenvalue weighted by molar-refractivity contribution is 0.0935. The first-order valence-electron chi connectivity index (χ1n) is 5.01. The van der Waals surface area contributed by atoms with Gasteiger partial charge in [0.05, 0.1) is 10.6 Å². The summed E-state index contributed by atoms with van der Waals surface area (Å²) < 4.78 is 26.5. The second-order valence-electron chi connectivity index (χ2n) is 3.48. The zero-order valence-corrected chi connectivity index (χ0v) is 11.4. The van der Waals surface area contributed by atoms with E-state index in [0.717, 1.165) is 12.1 Å². The molecular formula is C11H11BrClF2NO. The summed E-state index contributed by atoms with van der Waals surface area (Å²) in [5.41, 5.74) is -0.341. The van der Waals surface area contributed by atoms with Crippen LogP contribution in [0.5, 0.6) is 0 Å². The first kappa shape index (κ1) is 14.4. The zero-order chi connectivity index (χ0) is 13.0. The number of alkyl halides is 1. The molecular weight excluding hydrogens is 315 g/mol. The molecule has 94 valence electrons. The van der Waals surface area contributed by atoms with Gasteiger partial charge in [-0.05, 0) is 18.6 Å². The van der Waals surface area contributed by atoms with Gasteiger partial charge in [0.2, 0.25) is 0 Å². The Kier molecular flexibility index (Phi) is 5.33. The summed E-state index contributed by atoms with van der Waals surface area (Å²) in [4.78, 5) is 11.7. The molecule has 1 N–H and O–H groups in total. The maximum absolute atomic E-state index is 13.4. The Balaban J connectivity index is 2.93. The molecule has 0 spiro atoms. The van der Waals surface area contributed by atoms with Crippen LogP contribution in [-0.4, -0.2) is 17.3 Å². The van der Waals surface area contributed by atoms with E-state index in [2.05, 4.69) is 21.2 Å². The van der Waals surface area contributed by atoms with E-state index in [1.165, 1.54) is 0 Å². The van der Waals surface area contributed by atoms with Crippen molar-refractivity contribution in [3.8, 4) is 0 Å². The van der Waals surface area contributed by atoms with Gasteiger partial charge in [-0.2, -0.15) is 0 Å². The van der Waals surface area contributed by atoms with E-state index in [0.29, 0.717) is 11.8 Å². The fraction of sp³-hybridized carbons (Fsp3) is 0.364. The quantitative estimate of drug-likeness (QED) is 0.666. The Morgan fingerprint density at radius 3 is 2.65 bits per heavy atom. The van der Waals surface area contributed by atoms with Crippen LogP contribution in [0.1, 0.15) is 23.7 Å². The third-order valence-corrected chi connectivity index (χ3v) is 3.34. The Bertz CT molecular complexity index is 424. The first-order chi connectivity index (χ1) is 7.99. The van der Waals surface area contributed by atoms with Gasteiger partial charge < -0.3 is 5.32 Å². The highest BCUT2D eigenvalue weighted by molar-refractivity contribution is 9.09. The predicted octanol–water partition coefficient (Wildman–Crippen LogP) is 3.52. The fourth-order valence-corrected chi connectivity index (χ4v) is 1.98. The highest BCUT2D eigenvalue weighted by Crippen LogP contribution is 2.19. The molecule has 0 aliphatic rings. The molecule has 0 heterocycles. The first-order valence-corrected chi connectivity index (χ1v) is 6.50. The van der Waals surface area contributed by atoms with Gasteiger partial charge in [-0.1, -0.05) is 34.5 Å². The predicted molar refractivity (Wildman–Crippen MR) is 66.7 cm³/mol. The minimum Gasteiger partial charge on any atom is -0.348 e. The lowest BCUT2D eigenvalue weighted by atomic mass is 10.1. The molecule has 1 atom stereocenters. The number of benzene rings is 1. The van der Waals surface area contributed by atoms with Gasteiger partial charge >= 0.3 is 0 Å². The summed E-state index contributed by atoms with van der Waals surface area (Å²) in [6.07, 6.45) is 0.689. The molecule has 1 rings (SSSR count). The minimum absolute atomic E-state index is 0.124. The number of nitrogens with one attached hydrogen (secondary N) is 1. The fourth-order valence-electron chi connectivity index (χ4n) is 1.21. The van der Waals surface area contributed by atoms with E-state index in [4.69, 9.17) is 11.6 Å². The van der Waals surface area contributed by atoms with E-state index in [1.807, 2.05) is 6.92 Å². The molecule has 17 heavy (non-hydrogen) atoms. The van der Waals surface area contributed by atoms with Crippen LogP contribution in [0, 0.1) is 11.6 Å². The Morgan fingerprint density at radius 1 is 1.47 bits per heavy atom. The molecule has 1 aromatic carbocycles. The maximum Gasteiger partial charge on any atom is 0.254 e. The molecule has 0 saturated carbocycles. The van der Waals surface area contributed by atoms with Crippen LogP contribution in [0.4, 0.5) is 8.78 Å². The lowest BCUT2D eigenvalue weighted by Gasteiger charge is -2.14. The van der Waals surface area contributed by atoms with Crippen LogP contribution in [0.3, 0.4) is 0 Å². The standard InChI is InChI=1S/C11H11BrClF2NO/c1-2-6(5-12)16-11(17)7-3-10(15)8(13)4-9(7)14/h3-4,6H,2,5H2,1H3,(H,16,17). The van der Waals surface area contributed by atoms with Gasteiger partial charge in [-0.15, -0.1) is 0 Å². The third-order valence-electron chi connectivity index (χ3n) is 2.27. The smallest absolute Gasteiger partial charge is 0.254 e. The summed E-state index contributed by atoms with van der Waals surface area (Å²) in [7, 11) is 0. The summed E-state index contributed by atoms with van der Waals surface area (Å²) in [6.45, 7) is 1.88. The average Bonchev–Trinajstić information content (AvgIpc) is 2.30. The molecule has 1 unspecified atom stereocenters. The molecule has 0 aromatic heterocycles. The van der Waals surface area contributed by atoms with E-state index in [9.17, 15) is 13.6 Å². The van der Waals surface area contributed by atoms with Crippen molar-refractivity contribution in [1.29, 1.82) is 0 Å². The number of amides is 1. The second-order valence-corrected chi connectivity index (χ2v) is 4.53. The van der Waals surface area contributed by atoms with Crippen LogP contribution in [-0.2, 0) is 0 Å². The molecule has 6 heteroatoms. The number of carbonyl (C=O) groups is 1. The van der Waals surface area contributed by atoms with Crippen LogP contribution in [0.15, 0.2) is 12.1 Å². The Hall–Kier alpha value is -0.680. The number of rotatable bonds is 4. The molecule has 0 aliphatic heterocycles. The molecule has 0 radical (unpaired) electrons. The van der Waals surface area contributed by atoms with Crippen LogP contribution in [0.2, 0.25) is 5.02 Å². The SMILES string of the molecule is CCC(CBr)NC(=O)c1cc(F)c(Cl)cc1F. The van der Waals surface area contributed by atoms with Crippen LogP contribution < -0.4 is 5.32 Å². The molecule has 1 aromatic rings. The van der Waals surface area contributed by atoms with Crippen molar-refractivity contribution in [2.75, 3.05) is 5.33 Å². The van der Waals surface area contributed by atoms with Crippen LogP contribution >= 0.6 is 27.5 Å². The highest BCUT2D eigenvalue weighted by Gasteiger charge is 2.17. The highest BCUT2D eigenvalue weighted by atomic mass is 79.9. The largest absolute Gasteiger partial charge is 0.348 e. The molecule has 0 aliphatic carbocycles. The monoisotopic (exact) mass is 325 g/mol. The van der Waals surface area contributed by atoms with Crippen molar-refractivity contribution in [3.63, 3.8) is 0 Å². The second kappa shape index (κ2) is 6.31. The number of halogens is 4. The van der Waals surface area contributed by atoms with E-state index >= 15 is 0 Å². The maximum atomic E-state index is 13.4. The van der Waals surface area contributed by atoms with Gasteiger partial charge in [-0.25, -0.2) is 8.78 Å². The van der Waals surface area contributed by atoms with E-state index < -0.39 is 17.5 Å². The van der Waals surface area contributed by atoms with Gasteiger partial charge in [0, 0.05) is 11.4 Å². The third kappa shape index (κ3) is 3.64. The minimum atomic E-state index is -0.835. The Morgan fingerprint density at radius 2 is 2.12 bits per heavy atom. The summed E-state index contributed by atoms with van der Waals surface area (Å²) in [5.74, 6) is -2.30. The van der Waals surface area contributed by atoms with E-state index in [1.54, 1.807) is 0 Å². The number of hydrogen-bond acceptors (Lipinski definition) is 1. The number of carbonyl (C=O) groups excluding carboxylic acids is 1. The van der Waals surface area contributed by atoms with Crippen LogP contribution in [0.25, 0.3) is 0 Å². The molecule has 0 bridgehead atoms. The number of hydrogen-bond donors (Lipinski definition) is 1. The van der Waals surface area contributed by atoms with Crippen molar-refractivity contribution in [3.05, 3.63) is 34.4 Å². The van der Waals surface area contributed by atoms with Gasteiger partial charge in [-0.3, -0.25) is 4.79 Å². The topological polar surface area (TPSA) is 29.1 Å². The summed E-state index contributed by atoms with van der Waals surface area (Å²) >= 11 is 8.61. The van der Waals surface area contributed by atoms with E-state index in [-0.39, 0.29) is 16.6 Å². The van der Waals surface area contributed by atoms with Crippen molar-refractivity contribution in [1.82, 2.24) is 5.32 Å². The molecule has 2 nitrogen and oxygen atoms in total. The average molecular weight is 327 g/mol.